The van der Waals surface area contributed by atoms with Crippen molar-refractivity contribution < 1.29 is 13.2 Å². The summed E-state index contributed by atoms with van der Waals surface area (Å²) in [5, 5.41) is 0. The van der Waals surface area contributed by atoms with Crippen molar-refractivity contribution in [3.8, 4) is 0 Å². The molecule has 1 heterocycles. The third-order valence-corrected chi connectivity index (χ3v) is 7.99. The fourth-order valence-corrected chi connectivity index (χ4v) is 5.89. The summed E-state index contributed by atoms with van der Waals surface area (Å²) in [7, 11) is -3.48. The van der Waals surface area contributed by atoms with Crippen LogP contribution in [0, 0.1) is 5.92 Å². The second kappa shape index (κ2) is 7.76. The van der Waals surface area contributed by atoms with Crippen molar-refractivity contribution in [2.24, 2.45) is 5.92 Å². The van der Waals surface area contributed by atoms with Gasteiger partial charge in [0.05, 0.1) is 4.90 Å². The van der Waals surface area contributed by atoms with Gasteiger partial charge in [0.1, 0.15) is 0 Å². The minimum atomic E-state index is -3.48. The second-order valence-corrected chi connectivity index (χ2v) is 9.83. The third-order valence-electron chi connectivity index (χ3n) is 6.10. The molecule has 1 fully saturated rings. The molecule has 1 aromatic carbocycles. The minimum Gasteiger partial charge on any atom is -0.340 e. The van der Waals surface area contributed by atoms with Crippen LogP contribution in [0.3, 0.4) is 0 Å². The number of carbonyl (C=O) groups excluding carboxylic acids is 1. The lowest BCUT2D eigenvalue weighted by Crippen LogP contribution is -2.50. The number of rotatable bonds is 4. The Morgan fingerprint density at radius 1 is 1.04 bits per heavy atom. The predicted octanol–water partition coefficient (Wildman–Crippen LogP) is 2.75. The summed E-state index contributed by atoms with van der Waals surface area (Å²) < 4.78 is 27.6. The molecule has 0 saturated carbocycles. The maximum absolute atomic E-state index is 13.0. The fourth-order valence-electron chi connectivity index (χ4n) is 4.42. The van der Waals surface area contributed by atoms with E-state index in [1.165, 1.54) is 21.9 Å². The van der Waals surface area contributed by atoms with Crippen LogP contribution in [0.15, 0.2) is 35.2 Å². The molecule has 5 nitrogen and oxygen atoms in total. The Bertz CT molecular complexity index is 839. The van der Waals surface area contributed by atoms with Gasteiger partial charge in [0.15, 0.2) is 0 Å². The van der Waals surface area contributed by atoms with E-state index in [9.17, 15) is 13.2 Å². The molecule has 1 atom stereocenters. The van der Waals surface area contributed by atoms with Crippen LogP contribution in [0.2, 0.25) is 0 Å². The van der Waals surface area contributed by atoms with Crippen molar-refractivity contribution in [2.75, 3.05) is 26.2 Å². The van der Waals surface area contributed by atoms with Crippen LogP contribution in [-0.2, 0) is 27.7 Å². The normalized spacial score (nSPS) is 23.4. The van der Waals surface area contributed by atoms with E-state index in [2.05, 4.69) is 12.2 Å². The predicted molar refractivity (Wildman–Crippen MR) is 105 cm³/mol. The number of amides is 1. The van der Waals surface area contributed by atoms with Crippen molar-refractivity contribution >= 4 is 15.9 Å². The number of allylic oxidation sites excluding steroid dienone is 2. The first-order chi connectivity index (χ1) is 13.0. The summed E-state index contributed by atoms with van der Waals surface area (Å²) in [6.07, 6.45) is 11.3. The number of nitrogens with zero attached hydrogens (tertiary/aromatic N) is 2. The highest BCUT2D eigenvalue weighted by Gasteiger charge is 2.31. The molecule has 0 bridgehead atoms. The van der Waals surface area contributed by atoms with Crippen LogP contribution < -0.4 is 0 Å². The van der Waals surface area contributed by atoms with E-state index < -0.39 is 10.0 Å². The minimum absolute atomic E-state index is 0.150. The molecule has 27 heavy (non-hydrogen) atoms. The van der Waals surface area contributed by atoms with Crippen LogP contribution in [0.5, 0.6) is 0 Å². The molecule has 1 unspecified atom stereocenters. The van der Waals surface area contributed by atoms with Gasteiger partial charge in [-0.2, -0.15) is 4.31 Å². The fraction of sp³-hybridized carbons (Fsp3) is 0.571. The average Bonchev–Trinajstić information content (AvgIpc) is 3.20. The first kappa shape index (κ1) is 18.7. The molecule has 2 aliphatic carbocycles. The van der Waals surface area contributed by atoms with Crippen molar-refractivity contribution in [2.45, 2.75) is 49.8 Å². The first-order valence-corrected chi connectivity index (χ1v) is 11.5. The largest absolute Gasteiger partial charge is 0.340 e. The summed E-state index contributed by atoms with van der Waals surface area (Å²) in [6, 6.07) is 5.60. The first-order valence-electron chi connectivity index (χ1n) is 10.1. The van der Waals surface area contributed by atoms with Crippen molar-refractivity contribution in [1.82, 2.24) is 9.21 Å². The summed E-state index contributed by atoms with van der Waals surface area (Å²) >= 11 is 0. The highest BCUT2D eigenvalue weighted by atomic mass is 32.2. The Morgan fingerprint density at radius 3 is 2.48 bits per heavy atom. The van der Waals surface area contributed by atoms with Gasteiger partial charge in [0, 0.05) is 32.6 Å². The van der Waals surface area contributed by atoms with E-state index in [-0.39, 0.29) is 5.91 Å². The molecular weight excluding hydrogens is 360 g/mol. The van der Waals surface area contributed by atoms with Crippen LogP contribution in [0.1, 0.15) is 43.2 Å². The van der Waals surface area contributed by atoms with Gasteiger partial charge in [-0.1, -0.05) is 18.2 Å². The second-order valence-electron chi connectivity index (χ2n) is 7.89. The molecule has 0 spiro atoms. The molecule has 0 N–H and O–H groups in total. The zero-order valence-corrected chi connectivity index (χ0v) is 16.6. The zero-order chi connectivity index (χ0) is 18.9. The van der Waals surface area contributed by atoms with Crippen molar-refractivity contribution in [3.05, 3.63) is 41.5 Å². The van der Waals surface area contributed by atoms with Gasteiger partial charge in [-0.3, -0.25) is 4.79 Å². The summed E-state index contributed by atoms with van der Waals surface area (Å²) in [6.45, 7) is 1.73. The molecule has 4 rings (SSSR count). The maximum atomic E-state index is 13.0. The van der Waals surface area contributed by atoms with Gasteiger partial charge >= 0.3 is 0 Å². The van der Waals surface area contributed by atoms with E-state index in [0.29, 0.717) is 43.4 Å². The zero-order valence-electron chi connectivity index (χ0n) is 15.8. The van der Waals surface area contributed by atoms with Gasteiger partial charge in [-0.05, 0) is 67.7 Å². The number of aryl methyl sites for hydroxylation is 2. The summed E-state index contributed by atoms with van der Waals surface area (Å²) in [4.78, 5) is 14.7. The van der Waals surface area contributed by atoms with Gasteiger partial charge in [0.25, 0.3) is 0 Å². The molecule has 146 valence electrons. The van der Waals surface area contributed by atoms with Crippen LogP contribution in [0.4, 0.5) is 0 Å². The molecule has 1 amide bonds. The van der Waals surface area contributed by atoms with Crippen LogP contribution >= 0.6 is 0 Å². The topological polar surface area (TPSA) is 57.7 Å². The number of hydrogen-bond acceptors (Lipinski definition) is 3. The lowest BCUT2D eigenvalue weighted by molar-refractivity contribution is -0.133. The Labute approximate surface area is 162 Å². The SMILES string of the molecule is O=C(CC1C=CCC1)N1CCN(S(=O)(=O)c2ccc3c(c2)CCCC3)CC1. The lowest BCUT2D eigenvalue weighted by Gasteiger charge is -2.34. The van der Waals surface area contributed by atoms with Crippen molar-refractivity contribution in [3.63, 3.8) is 0 Å². The Kier molecular flexibility index (Phi) is 5.37. The molecule has 0 radical (unpaired) electrons. The summed E-state index contributed by atoms with van der Waals surface area (Å²) in [5.41, 5.74) is 2.47. The Balaban J connectivity index is 1.39. The van der Waals surface area contributed by atoms with Gasteiger partial charge in [0.2, 0.25) is 15.9 Å². The van der Waals surface area contributed by atoms with E-state index in [1.807, 2.05) is 17.0 Å². The quantitative estimate of drug-likeness (QED) is 0.745. The van der Waals surface area contributed by atoms with E-state index in [4.69, 9.17) is 0 Å². The monoisotopic (exact) mass is 388 g/mol. The maximum Gasteiger partial charge on any atom is 0.243 e. The molecule has 3 aliphatic rings. The van der Waals surface area contributed by atoms with E-state index in [1.54, 1.807) is 6.07 Å². The van der Waals surface area contributed by atoms with Crippen LogP contribution in [0.25, 0.3) is 0 Å². The van der Waals surface area contributed by atoms with Crippen molar-refractivity contribution in [1.29, 1.82) is 0 Å². The van der Waals surface area contributed by atoms with E-state index in [0.717, 1.165) is 32.1 Å². The number of carbonyl (C=O) groups is 1. The standard InChI is InChI=1S/C21H28N2O3S/c24-21(15-17-5-1-2-6-17)22-11-13-23(14-12-22)27(25,26)20-10-9-18-7-3-4-8-19(18)16-20/h1,5,9-10,16-17H,2-4,6-8,11-15H2. The molecule has 1 saturated heterocycles. The number of piperazine rings is 1. The molecule has 1 aliphatic heterocycles. The Hall–Kier alpha value is -1.66. The molecular formula is C21H28N2O3S. The molecule has 6 heteroatoms. The highest BCUT2D eigenvalue weighted by molar-refractivity contribution is 7.89. The number of benzene rings is 1. The third kappa shape index (κ3) is 3.97. The summed E-state index contributed by atoms with van der Waals surface area (Å²) in [5.74, 6) is 0.507. The molecule has 0 aromatic heterocycles. The van der Waals surface area contributed by atoms with E-state index >= 15 is 0 Å². The van der Waals surface area contributed by atoms with Gasteiger partial charge < -0.3 is 4.90 Å². The smallest absolute Gasteiger partial charge is 0.243 e. The number of hydrogen-bond donors (Lipinski definition) is 0. The molecule has 1 aromatic rings. The average molecular weight is 389 g/mol. The lowest BCUT2D eigenvalue weighted by atomic mass is 9.92. The number of sulfonamides is 1. The highest BCUT2D eigenvalue weighted by Crippen LogP contribution is 2.27. The Morgan fingerprint density at radius 2 is 1.78 bits per heavy atom. The number of fused-ring (bicyclic) bond motifs is 1. The van der Waals surface area contributed by atoms with Crippen LogP contribution in [-0.4, -0.2) is 49.7 Å². The van der Waals surface area contributed by atoms with Gasteiger partial charge in [-0.15, -0.1) is 0 Å². The van der Waals surface area contributed by atoms with Gasteiger partial charge in [-0.25, -0.2) is 8.42 Å².